The van der Waals surface area contributed by atoms with Crippen LogP contribution in [0.1, 0.15) is 29.7 Å². The van der Waals surface area contributed by atoms with Gasteiger partial charge in [0.1, 0.15) is 6.61 Å². The molecule has 0 saturated heterocycles. The quantitative estimate of drug-likeness (QED) is 0.365. The van der Waals surface area contributed by atoms with E-state index in [2.05, 4.69) is 58.5 Å². The van der Waals surface area contributed by atoms with Crippen LogP contribution in [0, 0.1) is 0 Å². The van der Waals surface area contributed by atoms with Crippen LogP contribution in [0.3, 0.4) is 0 Å². The molecule has 0 aliphatic rings. The van der Waals surface area contributed by atoms with Gasteiger partial charge in [-0.25, -0.2) is 0 Å². The smallest absolute Gasteiger partial charge is 0.175 e. The van der Waals surface area contributed by atoms with E-state index in [0.29, 0.717) is 23.1 Å². The van der Waals surface area contributed by atoms with Gasteiger partial charge in [0.15, 0.2) is 11.5 Å². The molecule has 0 radical (unpaired) electrons. The van der Waals surface area contributed by atoms with E-state index in [4.69, 9.17) is 21.1 Å². The minimum atomic E-state index is 0. The maximum Gasteiger partial charge on any atom is 0.175 e. The molecule has 0 amide bonds. The molecule has 154 valence electrons. The van der Waals surface area contributed by atoms with E-state index in [0.717, 1.165) is 22.1 Å². The molecule has 0 saturated carbocycles. The molecule has 0 bridgehead atoms. The van der Waals surface area contributed by atoms with Crippen molar-refractivity contribution in [3.8, 4) is 11.5 Å². The number of halogens is 3. The summed E-state index contributed by atoms with van der Waals surface area (Å²) in [7, 11) is 1.65. The summed E-state index contributed by atoms with van der Waals surface area (Å²) in [5, 5.41) is 4.26. The highest BCUT2D eigenvalue weighted by molar-refractivity contribution is 9.10. The molecule has 1 atom stereocenters. The van der Waals surface area contributed by atoms with Crippen LogP contribution in [-0.4, -0.2) is 7.11 Å². The first kappa shape index (κ1) is 23.6. The minimum absolute atomic E-state index is 0. The molecule has 29 heavy (non-hydrogen) atoms. The largest absolute Gasteiger partial charge is 0.493 e. The summed E-state index contributed by atoms with van der Waals surface area (Å²) >= 11 is 9.56. The Bertz CT molecular complexity index is 905. The van der Waals surface area contributed by atoms with Gasteiger partial charge in [-0.3, -0.25) is 0 Å². The third kappa shape index (κ3) is 6.65. The molecule has 3 aromatic rings. The molecular formula is C23H24BrCl2NO2. The highest BCUT2D eigenvalue weighted by atomic mass is 79.9. The number of nitrogens with one attached hydrogen (secondary N) is 1. The molecule has 6 heteroatoms. The topological polar surface area (TPSA) is 30.5 Å². The van der Waals surface area contributed by atoms with Gasteiger partial charge in [-0.15, -0.1) is 12.4 Å². The Labute approximate surface area is 191 Å². The predicted molar refractivity (Wildman–Crippen MR) is 125 cm³/mol. The van der Waals surface area contributed by atoms with Crippen LogP contribution in [0.5, 0.6) is 11.5 Å². The molecule has 1 unspecified atom stereocenters. The van der Waals surface area contributed by atoms with Crippen LogP contribution in [0.4, 0.5) is 0 Å². The lowest BCUT2D eigenvalue weighted by Crippen LogP contribution is -2.18. The van der Waals surface area contributed by atoms with Gasteiger partial charge in [-0.2, -0.15) is 0 Å². The normalized spacial score (nSPS) is 11.4. The molecular weight excluding hydrogens is 473 g/mol. The standard InChI is InChI=1S/C23H23BrClNO2.ClH/c1-16(19-6-4-3-5-7-19)26-14-18-12-21(24)23(22(13-18)27-2)28-15-17-8-10-20(25)11-9-17;/h3-13,16,26H,14-15H2,1-2H3;1H. The van der Waals surface area contributed by atoms with Crippen LogP contribution in [-0.2, 0) is 13.2 Å². The van der Waals surface area contributed by atoms with Gasteiger partial charge >= 0.3 is 0 Å². The highest BCUT2D eigenvalue weighted by Crippen LogP contribution is 2.37. The lowest BCUT2D eigenvalue weighted by Gasteiger charge is -2.17. The van der Waals surface area contributed by atoms with E-state index in [-0.39, 0.29) is 18.4 Å². The molecule has 3 aromatic carbocycles. The van der Waals surface area contributed by atoms with Crippen LogP contribution in [0.2, 0.25) is 5.02 Å². The first-order valence-corrected chi connectivity index (χ1v) is 10.3. The Morgan fingerprint density at radius 2 is 1.69 bits per heavy atom. The summed E-state index contributed by atoms with van der Waals surface area (Å²) in [6.07, 6.45) is 0. The summed E-state index contributed by atoms with van der Waals surface area (Å²) in [4.78, 5) is 0. The molecule has 3 nitrogen and oxygen atoms in total. The fourth-order valence-electron chi connectivity index (χ4n) is 2.88. The van der Waals surface area contributed by atoms with Crippen molar-refractivity contribution in [2.75, 3.05) is 7.11 Å². The fourth-order valence-corrected chi connectivity index (χ4v) is 3.61. The van der Waals surface area contributed by atoms with Crippen LogP contribution in [0.25, 0.3) is 0 Å². The van der Waals surface area contributed by atoms with Gasteiger partial charge in [-0.1, -0.05) is 54.1 Å². The van der Waals surface area contributed by atoms with Crippen molar-refractivity contribution in [1.29, 1.82) is 0 Å². The second-order valence-electron chi connectivity index (χ2n) is 6.54. The first-order valence-electron chi connectivity index (χ1n) is 9.09. The molecule has 0 aliphatic heterocycles. The average Bonchev–Trinajstić information content (AvgIpc) is 2.72. The summed E-state index contributed by atoms with van der Waals surface area (Å²) in [6, 6.07) is 22.3. The monoisotopic (exact) mass is 495 g/mol. The summed E-state index contributed by atoms with van der Waals surface area (Å²) < 4.78 is 12.4. The van der Waals surface area contributed by atoms with E-state index in [1.807, 2.05) is 36.4 Å². The van der Waals surface area contributed by atoms with Gasteiger partial charge in [0.2, 0.25) is 0 Å². The minimum Gasteiger partial charge on any atom is -0.493 e. The van der Waals surface area contributed by atoms with E-state index >= 15 is 0 Å². The molecule has 3 rings (SSSR count). The zero-order chi connectivity index (χ0) is 19.9. The Hall–Kier alpha value is -1.72. The number of methoxy groups -OCH3 is 1. The lowest BCUT2D eigenvalue weighted by molar-refractivity contribution is 0.282. The van der Waals surface area contributed by atoms with Crippen LogP contribution >= 0.6 is 39.9 Å². The average molecular weight is 497 g/mol. The molecule has 0 aliphatic carbocycles. The van der Waals surface area contributed by atoms with Crippen molar-refractivity contribution in [3.63, 3.8) is 0 Å². The van der Waals surface area contributed by atoms with Crippen molar-refractivity contribution >= 4 is 39.9 Å². The fraction of sp³-hybridized carbons (Fsp3) is 0.217. The Kier molecular flexibility index (Phi) is 9.31. The number of ether oxygens (including phenoxy) is 2. The Morgan fingerprint density at radius 3 is 2.34 bits per heavy atom. The zero-order valence-corrected chi connectivity index (χ0v) is 19.5. The van der Waals surface area contributed by atoms with Crippen molar-refractivity contribution < 1.29 is 9.47 Å². The summed E-state index contributed by atoms with van der Waals surface area (Å²) in [5.41, 5.74) is 3.42. The maximum atomic E-state index is 6.00. The van der Waals surface area contributed by atoms with Gasteiger partial charge in [0.05, 0.1) is 11.6 Å². The second kappa shape index (κ2) is 11.5. The Morgan fingerprint density at radius 1 is 1.00 bits per heavy atom. The van der Waals surface area contributed by atoms with Crippen molar-refractivity contribution in [2.45, 2.75) is 26.1 Å². The maximum absolute atomic E-state index is 6.00. The first-order chi connectivity index (χ1) is 13.6. The van der Waals surface area contributed by atoms with Crippen LogP contribution in [0.15, 0.2) is 71.2 Å². The number of rotatable bonds is 8. The summed E-state index contributed by atoms with van der Waals surface area (Å²) in [5.74, 6) is 1.39. The van der Waals surface area contributed by atoms with Crippen LogP contribution < -0.4 is 14.8 Å². The molecule has 0 aromatic heterocycles. The SMILES string of the molecule is COc1cc(CNC(C)c2ccccc2)cc(Br)c1OCc1ccc(Cl)cc1.Cl. The van der Waals surface area contributed by atoms with Gasteiger partial charge in [0, 0.05) is 17.6 Å². The molecule has 0 spiro atoms. The predicted octanol–water partition coefficient (Wildman–Crippen LogP) is 6.96. The van der Waals surface area contributed by atoms with Crippen molar-refractivity contribution in [2.24, 2.45) is 0 Å². The highest BCUT2D eigenvalue weighted by Gasteiger charge is 2.13. The number of benzene rings is 3. The van der Waals surface area contributed by atoms with Crippen molar-refractivity contribution in [1.82, 2.24) is 5.32 Å². The number of hydrogen-bond acceptors (Lipinski definition) is 3. The lowest BCUT2D eigenvalue weighted by atomic mass is 10.1. The number of hydrogen-bond donors (Lipinski definition) is 1. The summed E-state index contributed by atoms with van der Waals surface area (Å²) in [6.45, 7) is 3.32. The molecule has 1 N–H and O–H groups in total. The van der Waals surface area contributed by atoms with E-state index in [1.165, 1.54) is 5.56 Å². The molecule has 0 fully saturated rings. The Balaban J connectivity index is 0.00000300. The third-order valence-corrected chi connectivity index (χ3v) is 5.34. The molecule has 0 heterocycles. The van der Waals surface area contributed by atoms with Gasteiger partial charge in [-0.05, 0) is 63.8 Å². The zero-order valence-electron chi connectivity index (χ0n) is 16.3. The third-order valence-electron chi connectivity index (χ3n) is 4.50. The van der Waals surface area contributed by atoms with Gasteiger partial charge in [0.25, 0.3) is 0 Å². The van der Waals surface area contributed by atoms with Gasteiger partial charge < -0.3 is 14.8 Å². The van der Waals surface area contributed by atoms with E-state index in [9.17, 15) is 0 Å². The van der Waals surface area contributed by atoms with Crippen molar-refractivity contribution in [3.05, 3.63) is 92.9 Å². The van der Waals surface area contributed by atoms with E-state index < -0.39 is 0 Å². The second-order valence-corrected chi connectivity index (χ2v) is 7.83. The van der Waals surface area contributed by atoms with E-state index in [1.54, 1.807) is 7.11 Å².